The Hall–Kier alpha value is -1.85. The van der Waals surface area contributed by atoms with Gasteiger partial charge in [0.25, 0.3) is 0 Å². The molecule has 7 heteroatoms. The molecule has 0 bridgehead atoms. The first-order chi connectivity index (χ1) is 9.45. The summed E-state index contributed by atoms with van der Waals surface area (Å²) in [4.78, 5) is 18.8. The van der Waals surface area contributed by atoms with Crippen molar-refractivity contribution in [3.05, 3.63) is 38.9 Å². The number of ether oxygens (including phenoxy) is 1. The molecule has 0 radical (unpaired) electrons. The molecule has 4 atom stereocenters. The van der Waals surface area contributed by atoms with Crippen LogP contribution in [0.25, 0.3) is 10.4 Å². The summed E-state index contributed by atoms with van der Waals surface area (Å²) in [6, 6.07) is 1.77. The van der Waals surface area contributed by atoms with Crippen LogP contribution in [0.3, 0.4) is 0 Å². The van der Waals surface area contributed by atoms with Gasteiger partial charge in [-0.1, -0.05) is 25.9 Å². The van der Waals surface area contributed by atoms with E-state index in [-0.39, 0.29) is 17.5 Å². The molecule has 2 rings (SSSR count). The van der Waals surface area contributed by atoms with Crippen molar-refractivity contribution >= 4 is 0 Å². The average Bonchev–Trinajstić information content (AvgIpc) is 2.65. The molecule has 1 aromatic heterocycles. The Morgan fingerprint density at radius 2 is 2.30 bits per heavy atom. The molecule has 1 aliphatic heterocycles. The summed E-state index contributed by atoms with van der Waals surface area (Å²) in [5, 5.41) is 3.85. The third-order valence-corrected chi connectivity index (χ3v) is 4.24. The second kappa shape index (κ2) is 5.26. The van der Waals surface area contributed by atoms with E-state index in [1.807, 2.05) is 20.8 Å². The first-order valence-corrected chi connectivity index (χ1v) is 6.75. The molecule has 7 nitrogen and oxygen atoms in total. The van der Waals surface area contributed by atoms with Crippen LogP contribution in [0.15, 0.2) is 22.2 Å². The number of aryl methyl sites for hydroxylation is 1. The van der Waals surface area contributed by atoms with Gasteiger partial charge in [-0.05, 0) is 30.9 Å². The van der Waals surface area contributed by atoms with Crippen LogP contribution in [-0.2, 0) is 4.74 Å². The molecule has 0 aromatic carbocycles. The van der Waals surface area contributed by atoms with Crippen LogP contribution in [-0.4, -0.2) is 15.3 Å². The van der Waals surface area contributed by atoms with Crippen molar-refractivity contribution in [2.75, 3.05) is 0 Å². The summed E-state index contributed by atoms with van der Waals surface area (Å²) >= 11 is 0. The largest absolute Gasteiger partial charge is 0.349 e. The number of hydrogen-bond acceptors (Lipinski definition) is 4. The lowest BCUT2D eigenvalue weighted by Crippen LogP contribution is -2.32. The monoisotopic (exact) mass is 277 g/mol. The van der Waals surface area contributed by atoms with E-state index >= 15 is 0 Å². The van der Waals surface area contributed by atoms with Crippen LogP contribution in [0.2, 0.25) is 0 Å². The topological polar surface area (TPSA) is 92.9 Å². The van der Waals surface area contributed by atoms with Crippen molar-refractivity contribution in [1.82, 2.24) is 9.55 Å². The Bertz CT molecular complexity index is 607. The summed E-state index contributed by atoms with van der Waals surface area (Å²) < 4.78 is 7.44. The second-order valence-corrected chi connectivity index (χ2v) is 5.30. The molecule has 0 amide bonds. The number of nitrogens with zero attached hydrogens (tertiary/aromatic N) is 5. The van der Waals surface area contributed by atoms with E-state index in [2.05, 4.69) is 15.0 Å². The molecule has 0 saturated carbocycles. The number of azide groups is 1. The highest BCUT2D eigenvalue weighted by molar-refractivity contribution is 5.00. The molecule has 1 aliphatic rings. The first kappa shape index (κ1) is 14.6. The van der Waals surface area contributed by atoms with Crippen molar-refractivity contribution < 1.29 is 4.74 Å². The first-order valence-electron chi connectivity index (χ1n) is 6.75. The van der Waals surface area contributed by atoms with Gasteiger partial charge in [-0.15, -0.1) is 0 Å². The predicted octanol–water partition coefficient (Wildman–Crippen LogP) is 2.77. The summed E-state index contributed by atoms with van der Waals surface area (Å²) in [7, 11) is 0. The molecular weight excluding hydrogens is 258 g/mol. The van der Waals surface area contributed by atoms with Gasteiger partial charge in [0, 0.05) is 22.7 Å². The van der Waals surface area contributed by atoms with Gasteiger partial charge in [0.1, 0.15) is 6.23 Å². The molecular formula is C13H19N5O2. The maximum absolute atomic E-state index is 12.0. The summed E-state index contributed by atoms with van der Waals surface area (Å²) in [5.41, 5.74) is 8.20. The molecule has 1 fully saturated rings. The normalized spacial score (nSPS) is 32.9. The summed E-state index contributed by atoms with van der Waals surface area (Å²) in [6.45, 7) is 7.65. The summed E-state index contributed by atoms with van der Waals surface area (Å²) in [6.07, 6.45) is 1.78. The van der Waals surface area contributed by atoms with E-state index in [9.17, 15) is 4.79 Å². The van der Waals surface area contributed by atoms with Gasteiger partial charge in [0.15, 0.2) is 5.72 Å². The Balaban J connectivity index is 2.45. The lowest BCUT2D eigenvalue weighted by Gasteiger charge is -2.26. The average molecular weight is 277 g/mol. The Labute approximate surface area is 117 Å². The zero-order valence-corrected chi connectivity index (χ0v) is 12.1. The van der Waals surface area contributed by atoms with Crippen molar-refractivity contribution in [3.8, 4) is 0 Å². The Morgan fingerprint density at radius 1 is 1.60 bits per heavy atom. The maximum atomic E-state index is 12.0. The van der Waals surface area contributed by atoms with Crippen molar-refractivity contribution in [2.45, 2.75) is 46.1 Å². The molecule has 0 unspecified atom stereocenters. The molecule has 1 saturated heterocycles. The van der Waals surface area contributed by atoms with E-state index in [4.69, 9.17) is 10.3 Å². The molecule has 2 heterocycles. The molecule has 1 aromatic rings. The van der Waals surface area contributed by atoms with E-state index in [0.717, 1.165) is 0 Å². The fraction of sp³-hybridized carbons (Fsp3) is 0.692. The van der Waals surface area contributed by atoms with E-state index < -0.39 is 12.0 Å². The highest BCUT2D eigenvalue weighted by atomic mass is 16.5. The van der Waals surface area contributed by atoms with Crippen LogP contribution in [0.4, 0.5) is 0 Å². The zero-order chi connectivity index (χ0) is 14.9. The van der Waals surface area contributed by atoms with Gasteiger partial charge in [0.05, 0.1) is 0 Å². The zero-order valence-electron chi connectivity index (χ0n) is 12.1. The lowest BCUT2D eigenvalue weighted by atomic mass is 9.87. The lowest BCUT2D eigenvalue weighted by molar-refractivity contribution is -0.0859. The van der Waals surface area contributed by atoms with Gasteiger partial charge in [-0.2, -0.15) is 4.98 Å². The minimum absolute atomic E-state index is 0.0154. The second-order valence-electron chi connectivity index (χ2n) is 5.30. The highest BCUT2D eigenvalue weighted by Crippen LogP contribution is 2.47. The molecule has 0 spiro atoms. The van der Waals surface area contributed by atoms with E-state index in [1.54, 1.807) is 19.2 Å². The van der Waals surface area contributed by atoms with E-state index in [0.29, 0.717) is 12.1 Å². The quantitative estimate of drug-likeness (QED) is 0.483. The standard InChI is InChI=1S/C13H19N5O2/c1-5-13(16-17-14)10(4)9(3)11(20-13)18-7-6-8(2)15-12(18)19/h6-7,9-11H,5H2,1-4H3/t9-,10+,11-,13-/m1/s1. The highest BCUT2D eigenvalue weighted by Gasteiger charge is 2.50. The SMILES string of the molecule is CC[C@@]1(N=[N+]=[N-])O[C@@H](n2ccc(C)nc2=O)[C@H](C)[C@@H]1C. The molecule has 20 heavy (non-hydrogen) atoms. The van der Waals surface area contributed by atoms with Crippen LogP contribution < -0.4 is 5.69 Å². The third kappa shape index (κ3) is 2.19. The fourth-order valence-electron chi connectivity index (χ4n) is 2.75. The van der Waals surface area contributed by atoms with Crippen LogP contribution in [0, 0.1) is 18.8 Å². The van der Waals surface area contributed by atoms with Crippen LogP contribution >= 0.6 is 0 Å². The van der Waals surface area contributed by atoms with Crippen molar-refractivity contribution in [3.63, 3.8) is 0 Å². The van der Waals surface area contributed by atoms with Gasteiger partial charge in [0.2, 0.25) is 0 Å². The molecule has 108 valence electrons. The van der Waals surface area contributed by atoms with Gasteiger partial charge < -0.3 is 4.74 Å². The van der Waals surface area contributed by atoms with Gasteiger partial charge in [-0.25, -0.2) is 4.79 Å². The van der Waals surface area contributed by atoms with E-state index in [1.165, 1.54) is 4.57 Å². The van der Waals surface area contributed by atoms with Crippen molar-refractivity contribution in [1.29, 1.82) is 0 Å². The number of rotatable bonds is 3. The van der Waals surface area contributed by atoms with Gasteiger partial charge in [-0.3, -0.25) is 4.57 Å². The maximum Gasteiger partial charge on any atom is 0.349 e. The van der Waals surface area contributed by atoms with Crippen molar-refractivity contribution in [2.24, 2.45) is 17.0 Å². The molecule has 0 aliphatic carbocycles. The minimum atomic E-state index is -0.900. The number of hydrogen-bond donors (Lipinski definition) is 0. The smallest absolute Gasteiger partial charge is 0.345 e. The van der Waals surface area contributed by atoms with Crippen LogP contribution in [0.5, 0.6) is 0 Å². The minimum Gasteiger partial charge on any atom is -0.345 e. The van der Waals surface area contributed by atoms with Gasteiger partial charge >= 0.3 is 5.69 Å². The Kier molecular flexibility index (Phi) is 3.83. The fourth-order valence-corrected chi connectivity index (χ4v) is 2.75. The third-order valence-electron chi connectivity index (χ3n) is 4.24. The molecule has 0 N–H and O–H groups in total. The number of aromatic nitrogens is 2. The predicted molar refractivity (Wildman–Crippen MR) is 73.9 cm³/mol. The Morgan fingerprint density at radius 3 is 2.85 bits per heavy atom. The summed E-state index contributed by atoms with van der Waals surface area (Å²) in [5.74, 6) is 0.0595. The van der Waals surface area contributed by atoms with Crippen LogP contribution in [0.1, 0.15) is 39.1 Å².